The van der Waals surface area contributed by atoms with E-state index in [1.54, 1.807) is 24.3 Å². The first-order chi connectivity index (χ1) is 12.5. The molecule has 136 valence electrons. The summed E-state index contributed by atoms with van der Waals surface area (Å²) in [5.74, 6) is -0.955. The molecule has 0 aliphatic heterocycles. The molecule has 1 amide bonds. The van der Waals surface area contributed by atoms with Crippen molar-refractivity contribution in [3.63, 3.8) is 0 Å². The highest BCUT2D eigenvalue weighted by Crippen LogP contribution is 2.17. The van der Waals surface area contributed by atoms with Crippen LogP contribution < -0.4 is 16.0 Å². The van der Waals surface area contributed by atoms with Crippen LogP contribution in [0.25, 0.3) is 11.1 Å². The Kier molecular flexibility index (Phi) is 5.09. The lowest BCUT2D eigenvalue weighted by Crippen LogP contribution is -2.33. The molecule has 3 aromatic rings. The zero-order valence-corrected chi connectivity index (χ0v) is 14.7. The fraction of sp³-hybridized carbons (Fsp3) is 0.263. The van der Waals surface area contributed by atoms with E-state index in [0.29, 0.717) is 16.7 Å². The highest BCUT2D eigenvalue weighted by atomic mass is 16.4. The number of hydrogen-bond donors (Lipinski definition) is 2. The molecule has 7 heteroatoms. The van der Waals surface area contributed by atoms with Crippen LogP contribution in [0, 0.1) is 0 Å². The van der Waals surface area contributed by atoms with E-state index >= 15 is 0 Å². The van der Waals surface area contributed by atoms with Gasteiger partial charge in [-0.2, -0.15) is 0 Å². The van der Waals surface area contributed by atoms with Crippen LogP contribution in [0.4, 0.5) is 5.69 Å². The van der Waals surface area contributed by atoms with E-state index in [0.717, 1.165) is 5.69 Å². The minimum atomic E-state index is -0.826. The fourth-order valence-corrected chi connectivity index (χ4v) is 2.69. The molecule has 1 heterocycles. The minimum absolute atomic E-state index is 0.0602. The first kappa shape index (κ1) is 17.8. The number of benzene rings is 2. The van der Waals surface area contributed by atoms with Crippen LogP contribution in [0.5, 0.6) is 0 Å². The molecule has 1 atom stereocenters. The average molecular weight is 355 g/mol. The Hall–Kier alpha value is -3.06. The number of fused-ring (bicyclic) bond motifs is 1. The maximum Gasteiger partial charge on any atom is 0.420 e. The second-order valence-corrected chi connectivity index (χ2v) is 6.23. The van der Waals surface area contributed by atoms with Crippen LogP contribution in [-0.4, -0.2) is 36.2 Å². The summed E-state index contributed by atoms with van der Waals surface area (Å²) in [7, 11) is 3.88. The van der Waals surface area contributed by atoms with Gasteiger partial charge in [-0.15, -0.1) is 0 Å². The number of anilines is 1. The van der Waals surface area contributed by atoms with Gasteiger partial charge in [0.05, 0.1) is 11.6 Å². The number of hydrogen-bond acceptors (Lipinski definition) is 5. The van der Waals surface area contributed by atoms with Crippen molar-refractivity contribution >= 4 is 22.7 Å². The third kappa shape index (κ3) is 3.78. The quantitative estimate of drug-likeness (QED) is 0.700. The summed E-state index contributed by atoms with van der Waals surface area (Å²) in [6, 6.07) is 14.4. The van der Waals surface area contributed by atoms with E-state index in [2.05, 4.69) is 5.32 Å². The van der Waals surface area contributed by atoms with Crippen LogP contribution in [0.2, 0.25) is 0 Å². The number of nitrogens with zero attached hydrogens (tertiary/aromatic N) is 2. The Balaban J connectivity index is 1.61. The number of amides is 1. The van der Waals surface area contributed by atoms with E-state index < -0.39 is 11.9 Å². The molecule has 2 aromatic carbocycles. The summed E-state index contributed by atoms with van der Waals surface area (Å²) < 4.78 is 6.37. The lowest BCUT2D eigenvalue weighted by atomic mass is 10.1. The highest BCUT2D eigenvalue weighted by Gasteiger charge is 2.14. The Morgan fingerprint density at radius 2 is 1.88 bits per heavy atom. The van der Waals surface area contributed by atoms with Crippen molar-refractivity contribution in [1.82, 2.24) is 9.88 Å². The summed E-state index contributed by atoms with van der Waals surface area (Å²) in [5, 5.41) is 12.9. The monoisotopic (exact) mass is 355 g/mol. The van der Waals surface area contributed by atoms with Gasteiger partial charge in [0.25, 0.3) is 0 Å². The lowest BCUT2D eigenvalue weighted by molar-refractivity contribution is -0.122. The third-order valence-corrected chi connectivity index (χ3v) is 4.16. The molecule has 26 heavy (non-hydrogen) atoms. The van der Waals surface area contributed by atoms with Gasteiger partial charge in [-0.25, -0.2) is 4.79 Å². The second kappa shape index (κ2) is 7.45. The summed E-state index contributed by atoms with van der Waals surface area (Å²) in [4.78, 5) is 26.0. The largest absolute Gasteiger partial charge is 0.420 e. The Bertz CT molecular complexity index is 957. The molecule has 0 saturated heterocycles. The highest BCUT2D eigenvalue weighted by molar-refractivity contribution is 5.79. The van der Waals surface area contributed by atoms with E-state index in [-0.39, 0.29) is 19.0 Å². The van der Waals surface area contributed by atoms with Crippen molar-refractivity contribution in [2.24, 2.45) is 0 Å². The second-order valence-electron chi connectivity index (χ2n) is 6.23. The number of aliphatic hydroxyl groups is 1. The smallest absolute Gasteiger partial charge is 0.408 e. The van der Waals surface area contributed by atoms with Gasteiger partial charge in [0, 0.05) is 26.3 Å². The number of aliphatic hydroxyl groups excluding tert-OH is 1. The fourth-order valence-electron chi connectivity index (χ4n) is 2.69. The molecule has 0 fully saturated rings. The van der Waals surface area contributed by atoms with Crippen molar-refractivity contribution in [3.05, 3.63) is 64.6 Å². The standard InChI is InChI=1S/C19H21N3O4/c1-21(2)14-9-7-13(8-10-14)16(23)11-20-18(24)12-22-15-5-3-4-6-17(15)26-19(22)25/h3-10,16,23H,11-12H2,1-2H3,(H,20,24). The predicted molar refractivity (Wildman–Crippen MR) is 99.2 cm³/mol. The molecule has 7 nitrogen and oxygen atoms in total. The van der Waals surface area contributed by atoms with Gasteiger partial charge < -0.3 is 19.7 Å². The summed E-state index contributed by atoms with van der Waals surface area (Å²) in [5.41, 5.74) is 2.73. The maximum absolute atomic E-state index is 12.2. The van der Waals surface area contributed by atoms with E-state index in [4.69, 9.17) is 4.42 Å². The molecule has 0 bridgehead atoms. The van der Waals surface area contributed by atoms with Crippen LogP contribution in [0.1, 0.15) is 11.7 Å². The first-order valence-corrected chi connectivity index (χ1v) is 8.26. The van der Waals surface area contributed by atoms with E-state index in [9.17, 15) is 14.7 Å². The van der Waals surface area contributed by atoms with Gasteiger partial charge >= 0.3 is 5.76 Å². The first-order valence-electron chi connectivity index (χ1n) is 8.26. The summed E-state index contributed by atoms with van der Waals surface area (Å²) in [6.07, 6.45) is -0.826. The van der Waals surface area contributed by atoms with E-state index in [1.165, 1.54) is 4.57 Å². The van der Waals surface area contributed by atoms with Crippen molar-refractivity contribution in [1.29, 1.82) is 0 Å². The van der Waals surface area contributed by atoms with Crippen molar-refractivity contribution in [2.75, 3.05) is 25.5 Å². The normalized spacial score (nSPS) is 12.1. The van der Waals surface area contributed by atoms with Crippen molar-refractivity contribution in [2.45, 2.75) is 12.6 Å². The predicted octanol–water partition coefficient (Wildman–Crippen LogP) is 1.51. The van der Waals surface area contributed by atoms with Crippen LogP contribution in [-0.2, 0) is 11.3 Å². The van der Waals surface area contributed by atoms with Crippen LogP contribution in [0.3, 0.4) is 0 Å². The number of para-hydroxylation sites is 2. The summed E-state index contributed by atoms with van der Waals surface area (Å²) >= 11 is 0. The topological polar surface area (TPSA) is 87.7 Å². The number of nitrogens with one attached hydrogen (secondary N) is 1. The van der Waals surface area contributed by atoms with Gasteiger partial charge in [-0.3, -0.25) is 9.36 Å². The lowest BCUT2D eigenvalue weighted by Gasteiger charge is -2.15. The Labute approximate surface area is 150 Å². The molecule has 2 N–H and O–H groups in total. The Morgan fingerprint density at radius 1 is 1.19 bits per heavy atom. The van der Waals surface area contributed by atoms with Gasteiger partial charge in [0.15, 0.2) is 5.58 Å². The molecule has 0 aliphatic carbocycles. The van der Waals surface area contributed by atoms with Crippen LogP contribution >= 0.6 is 0 Å². The molecule has 0 spiro atoms. The number of oxazole rings is 1. The summed E-state index contributed by atoms with van der Waals surface area (Å²) in [6.45, 7) is -0.104. The molecule has 3 rings (SSSR count). The SMILES string of the molecule is CN(C)c1ccc(C(O)CNC(=O)Cn2c(=O)oc3ccccc32)cc1. The Morgan fingerprint density at radius 3 is 2.58 bits per heavy atom. The zero-order chi connectivity index (χ0) is 18.7. The van der Waals surface area contributed by atoms with Gasteiger partial charge in [-0.05, 0) is 29.8 Å². The zero-order valence-electron chi connectivity index (χ0n) is 14.7. The molecule has 0 aliphatic rings. The maximum atomic E-state index is 12.2. The molecule has 1 unspecified atom stereocenters. The number of rotatable bonds is 6. The molecule has 0 saturated carbocycles. The molecule has 0 radical (unpaired) electrons. The van der Waals surface area contributed by atoms with Crippen molar-refractivity contribution < 1.29 is 14.3 Å². The number of aromatic nitrogens is 1. The van der Waals surface area contributed by atoms with Gasteiger partial charge in [-0.1, -0.05) is 24.3 Å². The number of carbonyl (C=O) groups excluding carboxylic acids is 1. The average Bonchev–Trinajstić information content (AvgIpc) is 2.95. The van der Waals surface area contributed by atoms with E-state index in [1.807, 2.05) is 43.3 Å². The molecular formula is C19H21N3O4. The molecule has 1 aromatic heterocycles. The van der Waals surface area contributed by atoms with Gasteiger partial charge in [0.2, 0.25) is 5.91 Å². The van der Waals surface area contributed by atoms with Gasteiger partial charge in [0.1, 0.15) is 6.54 Å². The minimum Gasteiger partial charge on any atom is -0.408 e. The number of carbonyl (C=O) groups is 1. The third-order valence-electron chi connectivity index (χ3n) is 4.16. The van der Waals surface area contributed by atoms with Crippen LogP contribution in [0.15, 0.2) is 57.7 Å². The van der Waals surface area contributed by atoms with Crippen molar-refractivity contribution in [3.8, 4) is 0 Å². The molecular weight excluding hydrogens is 334 g/mol.